The number of amides is 1. The summed E-state index contributed by atoms with van der Waals surface area (Å²) < 4.78 is 9.95. The number of ether oxygens (including phenoxy) is 2. The van der Waals surface area contributed by atoms with Crippen molar-refractivity contribution >= 4 is 6.09 Å². The summed E-state index contributed by atoms with van der Waals surface area (Å²) in [4.78, 5) is 11.4. The Hall–Kier alpha value is -1.59. The van der Waals surface area contributed by atoms with Crippen molar-refractivity contribution in [2.45, 2.75) is 12.6 Å². The number of hydrogen-bond donors (Lipinski definition) is 2. The van der Waals surface area contributed by atoms with Gasteiger partial charge in [-0.1, -0.05) is 30.3 Å². The lowest BCUT2D eigenvalue weighted by molar-refractivity contribution is 0.122. The summed E-state index contributed by atoms with van der Waals surface area (Å²) in [6.45, 7) is 0.933. The van der Waals surface area contributed by atoms with Crippen LogP contribution in [0, 0.1) is 0 Å². The second-order valence-electron chi connectivity index (χ2n) is 3.59. The third-order valence-corrected chi connectivity index (χ3v) is 2.19. The van der Waals surface area contributed by atoms with Crippen LogP contribution in [0.2, 0.25) is 0 Å². The van der Waals surface area contributed by atoms with Gasteiger partial charge in [0.1, 0.15) is 6.61 Å². The Labute approximate surface area is 101 Å². The van der Waals surface area contributed by atoms with Gasteiger partial charge in [-0.05, 0) is 5.56 Å². The zero-order chi connectivity index (χ0) is 12.5. The third-order valence-electron chi connectivity index (χ3n) is 2.19. The zero-order valence-corrected chi connectivity index (χ0v) is 9.89. The topological polar surface area (TPSA) is 73.6 Å². The first-order valence-electron chi connectivity index (χ1n) is 5.42. The van der Waals surface area contributed by atoms with E-state index < -0.39 is 6.09 Å². The van der Waals surface area contributed by atoms with Crippen LogP contribution in [0.25, 0.3) is 0 Å². The molecule has 1 atom stereocenters. The molecule has 0 aliphatic heterocycles. The van der Waals surface area contributed by atoms with E-state index in [-0.39, 0.29) is 12.6 Å². The maximum absolute atomic E-state index is 11.4. The second-order valence-corrected chi connectivity index (χ2v) is 3.59. The van der Waals surface area contributed by atoms with Crippen molar-refractivity contribution in [1.82, 2.24) is 5.32 Å². The summed E-state index contributed by atoms with van der Waals surface area (Å²) in [5.41, 5.74) is 6.41. The molecule has 0 saturated carbocycles. The summed E-state index contributed by atoms with van der Waals surface area (Å²) in [6.07, 6.45) is -0.485. The Bertz CT molecular complexity index is 330. The van der Waals surface area contributed by atoms with Crippen LogP contribution in [0.1, 0.15) is 5.56 Å². The molecule has 0 aliphatic rings. The van der Waals surface area contributed by atoms with E-state index in [0.29, 0.717) is 13.2 Å². The predicted molar refractivity (Wildman–Crippen MR) is 64.5 cm³/mol. The van der Waals surface area contributed by atoms with Crippen LogP contribution in [0.4, 0.5) is 4.79 Å². The molecule has 1 aromatic carbocycles. The lowest BCUT2D eigenvalue weighted by atomic mass is 10.2. The Morgan fingerprint density at radius 3 is 2.71 bits per heavy atom. The van der Waals surface area contributed by atoms with E-state index in [4.69, 9.17) is 15.2 Å². The highest BCUT2D eigenvalue weighted by Crippen LogP contribution is 2.00. The predicted octanol–water partition coefficient (Wildman–Crippen LogP) is 0.887. The molecular weight excluding hydrogens is 220 g/mol. The summed E-state index contributed by atoms with van der Waals surface area (Å²) >= 11 is 0. The first kappa shape index (κ1) is 13.5. The van der Waals surface area contributed by atoms with E-state index in [0.717, 1.165) is 5.56 Å². The molecule has 1 rings (SSSR count). The standard InChI is InChI=1S/C12H18N2O3/c1-16-9-11(7-13)14-12(15)17-8-10-5-3-2-4-6-10/h2-6,11H,7-9,13H2,1H3,(H,14,15)/t11-/m1/s1. The molecule has 0 bridgehead atoms. The SMILES string of the molecule is COC[C@@H](CN)NC(=O)OCc1ccccc1. The van der Waals surface area contributed by atoms with Crippen LogP contribution < -0.4 is 11.1 Å². The Morgan fingerprint density at radius 1 is 1.41 bits per heavy atom. The van der Waals surface area contributed by atoms with Crippen molar-refractivity contribution in [3.05, 3.63) is 35.9 Å². The van der Waals surface area contributed by atoms with Crippen molar-refractivity contribution in [3.63, 3.8) is 0 Å². The van der Waals surface area contributed by atoms with Crippen LogP contribution >= 0.6 is 0 Å². The number of carbonyl (C=O) groups excluding carboxylic acids is 1. The molecule has 0 aromatic heterocycles. The minimum atomic E-state index is -0.485. The van der Waals surface area contributed by atoms with Crippen LogP contribution in [0.15, 0.2) is 30.3 Å². The summed E-state index contributed by atoms with van der Waals surface area (Å²) in [5, 5.41) is 2.63. The van der Waals surface area contributed by atoms with Gasteiger partial charge in [0.25, 0.3) is 0 Å². The van der Waals surface area contributed by atoms with Gasteiger partial charge in [-0.25, -0.2) is 4.79 Å². The lowest BCUT2D eigenvalue weighted by Gasteiger charge is -2.15. The molecule has 3 N–H and O–H groups in total. The summed E-state index contributed by atoms with van der Waals surface area (Å²) in [6, 6.07) is 9.26. The highest BCUT2D eigenvalue weighted by atomic mass is 16.5. The Morgan fingerprint density at radius 2 is 2.12 bits per heavy atom. The molecule has 0 fully saturated rings. The molecule has 0 saturated heterocycles. The molecule has 5 heteroatoms. The van der Waals surface area contributed by atoms with Crippen molar-refractivity contribution in [2.75, 3.05) is 20.3 Å². The molecule has 0 spiro atoms. The van der Waals surface area contributed by atoms with Gasteiger partial charge < -0.3 is 20.5 Å². The van der Waals surface area contributed by atoms with Crippen molar-refractivity contribution in [2.24, 2.45) is 5.73 Å². The summed E-state index contributed by atoms with van der Waals surface area (Å²) in [7, 11) is 1.56. The van der Waals surface area contributed by atoms with Gasteiger partial charge in [-0.3, -0.25) is 0 Å². The van der Waals surface area contributed by atoms with Crippen molar-refractivity contribution < 1.29 is 14.3 Å². The van der Waals surface area contributed by atoms with Crippen LogP contribution in [0.3, 0.4) is 0 Å². The second kappa shape index (κ2) is 7.65. The number of rotatable bonds is 6. The van der Waals surface area contributed by atoms with Gasteiger partial charge in [0.2, 0.25) is 0 Å². The summed E-state index contributed by atoms with van der Waals surface area (Å²) in [5.74, 6) is 0. The molecule has 0 aliphatic carbocycles. The molecule has 1 aromatic rings. The fourth-order valence-electron chi connectivity index (χ4n) is 1.30. The highest BCUT2D eigenvalue weighted by Gasteiger charge is 2.10. The fourth-order valence-corrected chi connectivity index (χ4v) is 1.30. The maximum Gasteiger partial charge on any atom is 0.407 e. The van der Waals surface area contributed by atoms with Gasteiger partial charge in [0, 0.05) is 13.7 Å². The van der Waals surface area contributed by atoms with Gasteiger partial charge in [0.05, 0.1) is 12.6 Å². The average Bonchev–Trinajstić information content (AvgIpc) is 2.37. The van der Waals surface area contributed by atoms with E-state index in [1.54, 1.807) is 7.11 Å². The minimum absolute atomic E-state index is 0.219. The highest BCUT2D eigenvalue weighted by molar-refractivity contribution is 5.67. The zero-order valence-electron chi connectivity index (χ0n) is 9.89. The third kappa shape index (κ3) is 5.33. The van der Waals surface area contributed by atoms with E-state index in [9.17, 15) is 4.79 Å². The van der Waals surface area contributed by atoms with Gasteiger partial charge in [-0.2, -0.15) is 0 Å². The smallest absolute Gasteiger partial charge is 0.407 e. The molecule has 0 unspecified atom stereocenters. The van der Waals surface area contributed by atoms with Gasteiger partial charge in [-0.15, -0.1) is 0 Å². The fraction of sp³-hybridized carbons (Fsp3) is 0.417. The molecule has 1 amide bonds. The molecule has 5 nitrogen and oxygen atoms in total. The quantitative estimate of drug-likeness (QED) is 0.771. The van der Waals surface area contributed by atoms with Crippen molar-refractivity contribution in [3.8, 4) is 0 Å². The van der Waals surface area contributed by atoms with E-state index in [1.165, 1.54) is 0 Å². The first-order valence-corrected chi connectivity index (χ1v) is 5.42. The number of nitrogens with one attached hydrogen (secondary N) is 1. The number of hydrogen-bond acceptors (Lipinski definition) is 4. The number of benzene rings is 1. The maximum atomic E-state index is 11.4. The lowest BCUT2D eigenvalue weighted by Crippen LogP contribution is -2.43. The number of alkyl carbamates (subject to hydrolysis) is 1. The van der Waals surface area contributed by atoms with E-state index >= 15 is 0 Å². The average molecular weight is 238 g/mol. The Balaban J connectivity index is 2.30. The van der Waals surface area contributed by atoms with Gasteiger partial charge >= 0.3 is 6.09 Å². The number of methoxy groups -OCH3 is 1. The van der Waals surface area contributed by atoms with Crippen molar-refractivity contribution in [1.29, 1.82) is 0 Å². The van der Waals surface area contributed by atoms with E-state index in [1.807, 2.05) is 30.3 Å². The number of carbonyl (C=O) groups is 1. The molecule has 0 radical (unpaired) electrons. The van der Waals surface area contributed by atoms with Crippen LogP contribution in [-0.2, 0) is 16.1 Å². The van der Waals surface area contributed by atoms with Crippen LogP contribution in [-0.4, -0.2) is 32.4 Å². The minimum Gasteiger partial charge on any atom is -0.445 e. The monoisotopic (exact) mass is 238 g/mol. The molecule has 0 heterocycles. The normalized spacial score (nSPS) is 11.9. The van der Waals surface area contributed by atoms with E-state index in [2.05, 4.69) is 5.32 Å². The molecular formula is C12H18N2O3. The Kier molecular flexibility index (Phi) is 6.06. The number of nitrogens with two attached hydrogens (primary N) is 1. The largest absolute Gasteiger partial charge is 0.445 e. The molecule has 17 heavy (non-hydrogen) atoms. The van der Waals surface area contributed by atoms with Gasteiger partial charge in [0.15, 0.2) is 0 Å². The molecule has 94 valence electrons. The first-order chi connectivity index (χ1) is 8.26. The van der Waals surface area contributed by atoms with Crippen LogP contribution in [0.5, 0.6) is 0 Å².